The lowest BCUT2D eigenvalue weighted by atomic mass is 10.0. The first-order valence-electron chi connectivity index (χ1n) is 6.84. The van der Waals surface area contributed by atoms with Crippen molar-refractivity contribution in [2.75, 3.05) is 23.8 Å². The zero-order chi connectivity index (χ0) is 15.3. The van der Waals surface area contributed by atoms with E-state index in [1.807, 2.05) is 20.8 Å². The van der Waals surface area contributed by atoms with Gasteiger partial charge in [-0.05, 0) is 20.3 Å². The van der Waals surface area contributed by atoms with Gasteiger partial charge < -0.3 is 15.7 Å². The molecule has 2 rings (SSSR count). The Kier molecular flexibility index (Phi) is 4.63. The number of nitrogens with zero attached hydrogens (tertiary/aromatic N) is 6. The molecule has 0 aromatic carbocycles. The van der Waals surface area contributed by atoms with Crippen molar-refractivity contribution >= 4 is 11.9 Å². The van der Waals surface area contributed by atoms with Crippen molar-refractivity contribution in [3.05, 3.63) is 12.7 Å². The van der Waals surface area contributed by atoms with Crippen molar-refractivity contribution in [3.63, 3.8) is 0 Å². The zero-order valence-electron chi connectivity index (χ0n) is 12.4. The van der Waals surface area contributed by atoms with Crippen LogP contribution in [0.2, 0.25) is 0 Å². The molecule has 0 spiro atoms. The van der Waals surface area contributed by atoms with E-state index in [1.165, 1.54) is 17.3 Å². The van der Waals surface area contributed by atoms with Gasteiger partial charge in [0, 0.05) is 6.54 Å². The lowest BCUT2D eigenvalue weighted by molar-refractivity contribution is 0.218. The Morgan fingerprint density at radius 3 is 2.57 bits per heavy atom. The van der Waals surface area contributed by atoms with Gasteiger partial charge in [0.2, 0.25) is 11.9 Å². The van der Waals surface area contributed by atoms with Gasteiger partial charge in [-0.2, -0.15) is 24.7 Å². The van der Waals surface area contributed by atoms with Crippen LogP contribution in [0.3, 0.4) is 0 Å². The summed E-state index contributed by atoms with van der Waals surface area (Å²) < 4.78 is 1.45. The minimum Gasteiger partial charge on any atom is -0.394 e. The van der Waals surface area contributed by atoms with Crippen molar-refractivity contribution in [3.8, 4) is 5.95 Å². The highest BCUT2D eigenvalue weighted by Crippen LogP contribution is 2.16. The number of aliphatic hydroxyl groups is 1. The smallest absolute Gasteiger partial charge is 0.258 e. The predicted octanol–water partition coefficient (Wildman–Crippen LogP) is 0.457. The van der Waals surface area contributed by atoms with E-state index in [9.17, 15) is 5.11 Å². The molecule has 2 aromatic rings. The average Bonchev–Trinajstić information content (AvgIpc) is 3.01. The van der Waals surface area contributed by atoms with E-state index < -0.39 is 5.54 Å². The summed E-state index contributed by atoms with van der Waals surface area (Å²) in [6.07, 6.45) is 3.65. The molecule has 0 fully saturated rings. The maximum atomic E-state index is 9.50. The van der Waals surface area contributed by atoms with Crippen LogP contribution in [-0.4, -0.2) is 53.5 Å². The molecule has 9 heteroatoms. The first kappa shape index (κ1) is 15.1. The van der Waals surface area contributed by atoms with E-state index in [-0.39, 0.29) is 6.61 Å². The number of rotatable bonds is 7. The molecule has 0 aliphatic carbocycles. The molecule has 1 unspecified atom stereocenters. The molecule has 114 valence electrons. The topological polar surface area (TPSA) is 114 Å². The van der Waals surface area contributed by atoms with Gasteiger partial charge in [-0.1, -0.05) is 6.92 Å². The van der Waals surface area contributed by atoms with Gasteiger partial charge in [-0.15, -0.1) is 0 Å². The van der Waals surface area contributed by atoms with E-state index in [0.29, 0.717) is 24.4 Å². The van der Waals surface area contributed by atoms with Crippen molar-refractivity contribution in [2.45, 2.75) is 32.7 Å². The molecule has 0 bridgehead atoms. The van der Waals surface area contributed by atoms with Crippen LogP contribution in [0.5, 0.6) is 0 Å². The highest BCUT2D eigenvalue weighted by molar-refractivity contribution is 5.39. The average molecular weight is 292 g/mol. The second-order valence-electron chi connectivity index (χ2n) is 4.85. The van der Waals surface area contributed by atoms with Crippen LogP contribution in [0.4, 0.5) is 11.9 Å². The van der Waals surface area contributed by atoms with Crippen LogP contribution in [-0.2, 0) is 0 Å². The molecule has 0 radical (unpaired) electrons. The van der Waals surface area contributed by atoms with Crippen LogP contribution in [0.25, 0.3) is 5.95 Å². The van der Waals surface area contributed by atoms with Crippen LogP contribution < -0.4 is 10.6 Å². The van der Waals surface area contributed by atoms with Crippen LogP contribution in [0.1, 0.15) is 27.2 Å². The minimum absolute atomic E-state index is 0.0234. The highest BCUT2D eigenvalue weighted by atomic mass is 16.3. The fraction of sp³-hybridized carbons (Fsp3) is 0.583. The van der Waals surface area contributed by atoms with Crippen molar-refractivity contribution in [1.29, 1.82) is 0 Å². The van der Waals surface area contributed by atoms with Gasteiger partial charge in [0.05, 0.1) is 12.1 Å². The molecule has 2 aromatic heterocycles. The van der Waals surface area contributed by atoms with Crippen LogP contribution in [0.15, 0.2) is 12.7 Å². The summed E-state index contributed by atoms with van der Waals surface area (Å²) in [7, 11) is 0. The molecule has 2 heterocycles. The van der Waals surface area contributed by atoms with Crippen molar-refractivity contribution < 1.29 is 5.11 Å². The molecule has 0 amide bonds. The van der Waals surface area contributed by atoms with Gasteiger partial charge in [0.25, 0.3) is 5.95 Å². The van der Waals surface area contributed by atoms with Gasteiger partial charge in [-0.3, -0.25) is 0 Å². The second-order valence-corrected chi connectivity index (χ2v) is 4.85. The van der Waals surface area contributed by atoms with Crippen molar-refractivity contribution in [2.24, 2.45) is 0 Å². The number of nitrogens with one attached hydrogen (secondary N) is 2. The highest BCUT2D eigenvalue weighted by Gasteiger charge is 2.22. The summed E-state index contributed by atoms with van der Waals surface area (Å²) in [5, 5.41) is 19.7. The predicted molar refractivity (Wildman–Crippen MR) is 78.3 cm³/mol. The lowest BCUT2D eigenvalue weighted by Gasteiger charge is -2.27. The Balaban J connectivity index is 2.36. The van der Waals surface area contributed by atoms with E-state index in [0.717, 1.165) is 6.42 Å². The van der Waals surface area contributed by atoms with Crippen LogP contribution >= 0.6 is 0 Å². The quantitative estimate of drug-likeness (QED) is 0.674. The van der Waals surface area contributed by atoms with E-state index >= 15 is 0 Å². The zero-order valence-corrected chi connectivity index (χ0v) is 12.4. The van der Waals surface area contributed by atoms with Gasteiger partial charge in [-0.25, -0.2) is 4.98 Å². The SMILES string of the molecule is CCNc1nc(NC(C)(CC)CO)nc(-n2cncn2)n1. The number of hydrogen-bond donors (Lipinski definition) is 3. The Morgan fingerprint density at radius 2 is 2.00 bits per heavy atom. The van der Waals surface area contributed by atoms with Crippen LogP contribution in [0, 0.1) is 0 Å². The molecule has 9 nitrogen and oxygen atoms in total. The lowest BCUT2D eigenvalue weighted by Crippen LogP contribution is -2.38. The molecule has 0 saturated heterocycles. The summed E-state index contributed by atoms with van der Waals surface area (Å²) in [5.41, 5.74) is -0.496. The first-order valence-corrected chi connectivity index (χ1v) is 6.84. The first-order chi connectivity index (χ1) is 10.1. The van der Waals surface area contributed by atoms with Gasteiger partial charge in [0.15, 0.2) is 0 Å². The number of hydrogen-bond acceptors (Lipinski definition) is 8. The Morgan fingerprint density at radius 1 is 1.24 bits per heavy atom. The molecule has 21 heavy (non-hydrogen) atoms. The Hall–Kier alpha value is -2.29. The van der Waals surface area contributed by atoms with E-state index in [1.54, 1.807) is 0 Å². The maximum absolute atomic E-state index is 9.50. The summed E-state index contributed by atoms with van der Waals surface area (Å²) in [6, 6.07) is 0. The molecule has 0 aliphatic rings. The Labute approximate surface area is 122 Å². The van der Waals surface area contributed by atoms with Gasteiger partial charge >= 0.3 is 0 Å². The van der Waals surface area contributed by atoms with E-state index in [4.69, 9.17) is 0 Å². The third-order valence-corrected chi connectivity index (χ3v) is 3.13. The standard InChI is InChI=1S/C12H20N8O/c1-4-12(3,6-21)19-10-16-9(14-5-2)17-11(18-10)20-8-13-7-15-20/h7-8,21H,4-6H2,1-3H3,(H2,14,16,17,18,19). The maximum Gasteiger partial charge on any atom is 0.258 e. The summed E-state index contributed by atoms with van der Waals surface area (Å²) in [6.45, 7) is 6.50. The third kappa shape index (κ3) is 3.63. The largest absolute Gasteiger partial charge is 0.394 e. The molecule has 0 aliphatic heterocycles. The molecular weight excluding hydrogens is 272 g/mol. The van der Waals surface area contributed by atoms with Gasteiger partial charge in [0.1, 0.15) is 12.7 Å². The molecule has 3 N–H and O–H groups in total. The minimum atomic E-state index is -0.496. The number of aliphatic hydroxyl groups excluding tert-OH is 1. The summed E-state index contributed by atoms with van der Waals surface area (Å²) in [4.78, 5) is 16.8. The molecule has 0 saturated carbocycles. The fourth-order valence-corrected chi connectivity index (χ4v) is 1.58. The Bertz CT molecular complexity index is 567. The molecular formula is C12H20N8O. The third-order valence-electron chi connectivity index (χ3n) is 3.13. The number of anilines is 2. The van der Waals surface area contributed by atoms with Crippen molar-refractivity contribution in [1.82, 2.24) is 29.7 Å². The number of aromatic nitrogens is 6. The fourth-order valence-electron chi connectivity index (χ4n) is 1.58. The second kappa shape index (κ2) is 6.44. The summed E-state index contributed by atoms with van der Waals surface area (Å²) in [5.74, 6) is 1.18. The summed E-state index contributed by atoms with van der Waals surface area (Å²) >= 11 is 0. The normalized spacial score (nSPS) is 13.7. The monoisotopic (exact) mass is 292 g/mol. The molecule has 1 atom stereocenters. The van der Waals surface area contributed by atoms with E-state index in [2.05, 4.69) is 35.7 Å².